The zero-order valence-electron chi connectivity index (χ0n) is 12.9. The van der Waals surface area contributed by atoms with Gasteiger partial charge in [-0.2, -0.15) is 10.1 Å². The van der Waals surface area contributed by atoms with Gasteiger partial charge in [0.1, 0.15) is 5.92 Å². The van der Waals surface area contributed by atoms with Crippen molar-refractivity contribution in [2.75, 3.05) is 5.01 Å². The first-order valence-corrected chi connectivity index (χ1v) is 7.77. The number of carbonyl (C=O) groups is 1. The highest BCUT2D eigenvalue weighted by Crippen LogP contribution is 2.32. The number of hydrogen-bond donors (Lipinski definition) is 0. The normalized spacial score (nSPS) is 17.0. The van der Waals surface area contributed by atoms with E-state index in [2.05, 4.69) is 10.1 Å². The predicted octanol–water partition coefficient (Wildman–Crippen LogP) is 3.62. The maximum Gasteiger partial charge on any atom is 0.261 e. The Kier molecular flexibility index (Phi) is 3.63. The lowest BCUT2D eigenvalue weighted by molar-refractivity contribution is -0.118. The monoisotopic (exact) mass is 313 g/mol. The van der Waals surface area contributed by atoms with Crippen LogP contribution in [0.15, 0.2) is 90.3 Å². The molecular formula is C20H15N3O. The summed E-state index contributed by atoms with van der Waals surface area (Å²) in [7, 11) is 0. The van der Waals surface area contributed by atoms with E-state index < -0.39 is 5.92 Å². The van der Waals surface area contributed by atoms with Crippen LogP contribution in [0.1, 0.15) is 17.0 Å². The van der Waals surface area contributed by atoms with Crippen LogP contribution in [0.2, 0.25) is 0 Å². The summed E-state index contributed by atoms with van der Waals surface area (Å²) in [6.45, 7) is 0. The van der Waals surface area contributed by atoms with Crippen molar-refractivity contribution in [3.05, 3.63) is 96.3 Å². The zero-order chi connectivity index (χ0) is 16.4. The van der Waals surface area contributed by atoms with Gasteiger partial charge in [0.2, 0.25) is 0 Å². The highest BCUT2D eigenvalue weighted by atomic mass is 16.2. The first kappa shape index (κ1) is 14.3. The number of benzene rings is 2. The van der Waals surface area contributed by atoms with E-state index in [1.807, 2.05) is 72.8 Å². The summed E-state index contributed by atoms with van der Waals surface area (Å²) in [6.07, 6.45) is 3.44. The van der Waals surface area contributed by atoms with Crippen LogP contribution in [-0.2, 0) is 4.79 Å². The second-order valence-corrected chi connectivity index (χ2v) is 5.55. The second kappa shape index (κ2) is 6.08. The largest absolute Gasteiger partial charge is 0.271 e. The highest BCUT2D eigenvalue weighted by Gasteiger charge is 2.38. The molecule has 0 unspecified atom stereocenters. The Balaban J connectivity index is 1.83. The minimum Gasteiger partial charge on any atom is -0.271 e. The van der Waals surface area contributed by atoms with Crippen molar-refractivity contribution >= 4 is 17.3 Å². The topological polar surface area (TPSA) is 45.6 Å². The quantitative estimate of drug-likeness (QED) is 0.741. The smallest absolute Gasteiger partial charge is 0.261 e. The molecule has 0 bridgehead atoms. The third-order valence-corrected chi connectivity index (χ3v) is 4.05. The van der Waals surface area contributed by atoms with E-state index in [0.717, 1.165) is 22.5 Å². The summed E-state index contributed by atoms with van der Waals surface area (Å²) in [5.74, 6) is -0.451. The lowest BCUT2D eigenvalue weighted by atomic mass is 9.90. The third kappa shape index (κ3) is 2.48. The fraction of sp³-hybridized carbons (Fsp3) is 0.0500. The maximum absolute atomic E-state index is 13.1. The number of nitrogens with zero attached hydrogens (tertiary/aromatic N) is 3. The predicted molar refractivity (Wildman–Crippen MR) is 93.9 cm³/mol. The lowest BCUT2D eigenvalue weighted by Gasteiger charge is -2.14. The second-order valence-electron chi connectivity index (χ2n) is 5.55. The molecule has 4 heteroatoms. The molecule has 0 spiro atoms. The average molecular weight is 313 g/mol. The first-order valence-electron chi connectivity index (χ1n) is 7.77. The molecule has 3 aromatic rings. The minimum absolute atomic E-state index is 0.0424. The van der Waals surface area contributed by atoms with Gasteiger partial charge in [-0.3, -0.25) is 9.78 Å². The molecule has 4 nitrogen and oxygen atoms in total. The third-order valence-electron chi connectivity index (χ3n) is 4.05. The Bertz CT molecular complexity index is 877. The van der Waals surface area contributed by atoms with Gasteiger partial charge in [-0.05, 0) is 29.8 Å². The Morgan fingerprint density at radius 2 is 1.42 bits per heavy atom. The van der Waals surface area contributed by atoms with E-state index in [1.54, 1.807) is 12.4 Å². The molecule has 116 valence electrons. The van der Waals surface area contributed by atoms with Gasteiger partial charge in [0.15, 0.2) is 0 Å². The summed E-state index contributed by atoms with van der Waals surface area (Å²) in [5, 5.41) is 6.13. The molecule has 1 aromatic heterocycles. The number of rotatable bonds is 3. The number of hydrazone groups is 1. The van der Waals surface area contributed by atoms with Gasteiger partial charge >= 0.3 is 0 Å². The zero-order valence-corrected chi connectivity index (χ0v) is 12.9. The SMILES string of the molecule is O=C1[C@H](c2ccccc2)C(c2ccncc2)=NN1c1ccccc1. The molecule has 1 amide bonds. The van der Waals surface area contributed by atoms with Crippen LogP contribution in [0.3, 0.4) is 0 Å². The Labute approximate surface area is 140 Å². The van der Waals surface area contributed by atoms with Crippen LogP contribution in [0.4, 0.5) is 5.69 Å². The van der Waals surface area contributed by atoms with E-state index in [0.29, 0.717) is 0 Å². The highest BCUT2D eigenvalue weighted by molar-refractivity contribution is 6.25. The summed E-state index contributed by atoms with van der Waals surface area (Å²) < 4.78 is 0. The molecule has 1 aliphatic heterocycles. The van der Waals surface area contributed by atoms with Gasteiger partial charge in [-0.1, -0.05) is 48.5 Å². The lowest BCUT2D eigenvalue weighted by Crippen LogP contribution is -2.26. The molecular weight excluding hydrogens is 298 g/mol. The van der Waals surface area contributed by atoms with Gasteiger partial charge in [0.25, 0.3) is 5.91 Å². The van der Waals surface area contributed by atoms with Crippen LogP contribution in [-0.4, -0.2) is 16.6 Å². The summed E-state index contributed by atoms with van der Waals surface area (Å²) in [5.41, 5.74) is 3.37. The van der Waals surface area contributed by atoms with Crippen molar-refractivity contribution in [2.45, 2.75) is 5.92 Å². The molecule has 2 aromatic carbocycles. The van der Waals surface area contributed by atoms with Crippen LogP contribution >= 0.6 is 0 Å². The molecule has 0 saturated heterocycles. The van der Waals surface area contributed by atoms with Gasteiger partial charge in [-0.25, -0.2) is 0 Å². The number of carbonyl (C=O) groups excluding carboxylic acids is 1. The van der Waals surface area contributed by atoms with Crippen molar-refractivity contribution in [3.63, 3.8) is 0 Å². The summed E-state index contributed by atoms with van der Waals surface area (Å²) in [4.78, 5) is 17.1. The van der Waals surface area contributed by atoms with Crippen molar-refractivity contribution in [3.8, 4) is 0 Å². The molecule has 0 saturated carbocycles. The molecule has 0 aliphatic carbocycles. The molecule has 1 aliphatic rings. The van der Waals surface area contributed by atoms with Gasteiger partial charge in [0, 0.05) is 18.0 Å². The van der Waals surface area contributed by atoms with E-state index in [9.17, 15) is 4.79 Å². The summed E-state index contributed by atoms with van der Waals surface area (Å²) >= 11 is 0. The van der Waals surface area contributed by atoms with Gasteiger partial charge < -0.3 is 0 Å². The molecule has 0 fully saturated rings. The van der Waals surface area contributed by atoms with Crippen molar-refractivity contribution in [2.24, 2.45) is 5.10 Å². The van der Waals surface area contributed by atoms with Crippen molar-refractivity contribution in [1.29, 1.82) is 0 Å². The molecule has 0 N–H and O–H groups in total. The average Bonchev–Trinajstić information content (AvgIpc) is 3.01. The van der Waals surface area contributed by atoms with E-state index in [4.69, 9.17) is 0 Å². The molecule has 1 atom stereocenters. The number of amides is 1. The molecule has 0 radical (unpaired) electrons. The summed E-state index contributed by atoms with van der Waals surface area (Å²) in [6, 6.07) is 23.0. The first-order chi connectivity index (χ1) is 11.8. The number of anilines is 1. The van der Waals surface area contributed by atoms with E-state index in [1.165, 1.54) is 5.01 Å². The van der Waals surface area contributed by atoms with Gasteiger partial charge in [-0.15, -0.1) is 0 Å². The Morgan fingerprint density at radius 3 is 2.08 bits per heavy atom. The fourth-order valence-corrected chi connectivity index (χ4v) is 2.90. The number of para-hydroxylation sites is 1. The van der Waals surface area contributed by atoms with Crippen LogP contribution in [0.25, 0.3) is 0 Å². The maximum atomic E-state index is 13.1. The molecule has 2 heterocycles. The van der Waals surface area contributed by atoms with Crippen LogP contribution in [0, 0.1) is 0 Å². The fourth-order valence-electron chi connectivity index (χ4n) is 2.90. The Hall–Kier alpha value is -3.27. The van der Waals surface area contributed by atoms with Gasteiger partial charge in [0.05, 0.1) is 11.4 Å². The number of hydrogen-bond acceptors (Lipinski definition) is 3. The van der Waals surface area contributed by atoms with Crippen molar-refractivity contribution < 1.29 is 4.79 Å². The molecule has 24 heavy (non-hydrogen) atoms. The van der Waals surface area contributed by atoms with Crippen LogP contribution in [0.5, 0.6) is 0 Å². The van der Waals surface area contributed by atoms with Crippen molar-refractivity contribution in [1.82, 2.24) is 4.98 Å². The number of pyridine rings is 1. The Morgan fingerprint density at radius 1 is 0.792 bits per heavy atom. The van der Waals surface area contributed by atoms with E-state index >= 15 is 0 Å². The van der Waals surface area contributed by atoms with E-state index in [-0.39, 0.29) is 5.91 Å². The minimum atomic E-state index is -0.409. The van der Waals surface area contributed by atoms with Crippen LogP contribution < -0.4 is 5.01 Å². The molecule has 4 rings (SSSR count). The number of aromatic nitrogens is 1. The standard InChI is InChI=1S/C20H15N3O/c24-20-18(15-7-3-1-4-8-15)19(16-11-13-21-14-12-16)22-23(20)17-9-5-2-6-10-17/h1-14,18H/t18-/m1/s1.